The Labute approximate surface area is 92.0 Å². The molecule has 0 saturated carbocycles. The van der Waals surface area contributed by atoms with E-state index in [4.69, 9.17) is 16.7 Å². The Morgan fingerprint density at radius 1 is 1.55 bits per heavy atom. The first-order chi connectivity index (χ1) is 5.16. The Balaban J connectivity index is 3.29. The lowest BCUT2D eigenvalue weighted by Crippen LogP contribution is -1.90. The minimum atomic E-state index is 0.0133. The SMILES string of the molecule is OCc1c(I)ccc(Cl)c1Br. The molecule has 0 spiro atoms. The Hall–Kier alpha value is 0.680. The molecule has 0 unspecified atom stereocenters. The lowest BCUT2D eigenvalue weighted by Gasteiger charge is -2.04. The number of rotatable bonds is 1. The van der Waals surface area contributed by atoms with Crippen molar-refractivity contribution in [3.63, 3.8) is 0 Å². The summed E-state index contributed by atoms with van der Waals surface area (Å²) in [4.78, 5) is 0. The van der Waals surface area contributed by atoms with E-state index < -0.39 is 0 Å². The molecule has 60 valence electrons. The predicted molar refractivity (Wildman–Crippen MR) is 57.8 cm³/mol. The van der Waals surface area contributed by atoms with Crippen molar-refractivity contribution < 1.29 is 5.11 Å². The molecule has 0 bridgehead atoms. The van der Waals surface area contributed by atoms with E-state index in [1.165, 1.54) is 0 Å². The Bertz CT molecular complexity index is 277. The van der Waals surface area contributed by atoms with Crippen molar-refractivity contribution in [1.82, 2.24) is 0 Å². The smallest absolute Gasteiger partial charge is 0.0703 e. The number of aliphatic hydroxyl groups is 1. The average molecular weight is 347 g/mol. The monoisotopic (exact) mass is 346 g/mol. The topological polar surface area (TPSA) is 20.2 Å². The van der Waals surface area contributed by atoms with Crippen LogP contribution in [0.1, 0.15) is 5.56 Å². The number of aliphatic hydroxyl groups excluding tert-OH is 1. The van der Waals surface area contributed by atoms with Crippen LogP contribution in [0.4, 0.5) is 0 Å². The zero-order valence-corrected chi connectivity index (χ0v) is 9.94. The van der Waals surface area contributed by atoms with E-state index in [2.05, 4.69) is 38.5 Å². The second kappa shape index (κ2) is 4.07. The molecule has 11 heavy (non-hydrogen) atoms. The first kappa shape index (κ1) is 9.77. The molecule has 0 heterocycles. The molecular weight excluding hydrogens is 342 g/mol. The van der Waals surface area contributed by atoms with Gasteiger partial charge in [-0.15, -0.1) is 0 Å². The first-order valence-electron chi connectivity index (χ1n) is 2.90. The van der Waals surface area contributed by atoms with Crippen LogP contribution < -0.4 is 0 Å². The second-order valence-corrected chi connectivity index (χ2v) is 4.34. The largest absolute Gasteiger partial charge is 0.392 e. The zero-order valence-electron chi connectivity index (χ0n) is 5.44. The first-order valence-corrected chi connectivity index (χ1v) is 5.15. The number of benzene rings is 1. The fourth-order valence-corrected chi connectivity index (χ4v) is 2.35. The van der Waals surface area contributed by atoms with Crippen LogP contribution in [0.15, 0.2) is 16.6 Å². The van der Waals surface area contributed by atoms with Gasteiger partial charge in [-0.05, 0) is 50.7 Å². The van der Waals surface area contributed by atoms with Crippen molar-refractivity contribution >= 4 is 50.1 Å². The number of hydrogen-bond donors (Lipinski definition) is 1. The average Bonchev–Trinajstić information content (AvgIpc) is 1.99. The summed E-state index contributed by atoms with van der Waals surface area (Å²) in [5.74, 6) is 0. The Kier molecular flexibility index (Phi) is 3.61. The highest BCUT2D eigenvalue weighted by Gasteiger charge is 2.06. The molecular formula is C7H5BrClIO. The molecule has 0 aliphatic heterocycles. The van der Waals surface area contributed by atoms with Gasteiger partial charge in [0.05, 0.1) is 11.6 Å². The molecule has 0 aliphatic rings. The zero-order chi connectivity index (χ0) is 8.43. The van der Waals surface area contributed by atoms with Crippen LogP contribution in [-0.2, 0) is 6.61 Å². The van der Waals surface area contributed by atoms with E-state index in [0.717, 1.165) is 13.6 Å². The summed E-state index contributed by atoms with van der Waals surface area (Å²) >= 11 is 11.3. The van der Waals surface area contributed by atoms with Gasteiger partial charge in [0.1, 0.15) is 0 Å². The molecule has 1 N–H and O–H groups in total. The molecule has 1 aromatic carbocycles. The molecule has 0 atom stereocenters. The van der Waals surface area contributed by atoms with Crippen LogP contribution in [-0.4, -0.2) is 5.11 Å². The summed E-state index contributed by atoms with van der Waals surface area (Å²) in [7, 11) is 0. The van der Waals surface area contributed by atoms with Crippen LogP contribution in [0.25, 0.3) is 0 Å². The highest BCUT2D eigenvalue weighted by molar-refractivity contribution is 14.1. The lowest BCUT2D eigenvalue weighted by atomic mass is 10.2. The van der Waals surface area contributed by atoms with Gasteiger partial charge in [0.15, 0.2) is 0 Å². The Morgan fingerprint density at radius 3 is 2.64 bits per heavy atom. The van der Waals surface area contributed by atoms with E-state index in [9.17, 15) is 0 Å². The summed E-state index contributed by atoms with van der Waals surface area (Å²) in [6.07, 6.45) is 0. The van der Waals surface area contributed by atoms with Gasteiger partial charge < -0.3 is 5.11 Å². The molecule has 0 radical (unpaired) electrons. The van der Waals surface area contributed by atoms with Gasteiger partial charge >= 0.3 is 0 Å². The maximum absolute atomic E-state index is 8.93. The van der Waals surface area contributed by atoms with Gasteiger partial charge in [0, 0.05) is 13.6 Å². The number of halogens is 3. The van der Waals surface area contributed by atoms with Crippen LogP contribution >= 0.6 is 50.1 Å². The fraction of sp³-hybridized carbons (Fsp3) is 0.143. The molecule has 0 aromatic heterocycles. The fourth-order valence-electron chi connectivity index (χ4n) is 0.714. The van der Waals surface area contributed by atoms with Crippen LogP contribution in [0, 0.1) is 3.57 Å². The maximum Gasteiger partial charge on any atom is 0.0703 e. The van der Waals surface area contributed by atoms with Crippen molar-refractivity contribution in [2.75, 3.05) is 0 Å². The summed E-state index contributed by atoms with van der Waals surface area (Å²) in [5, 5.41) is 9.56. The molecule has 1 nitrogen and oxygen atoms in total. The van der Waals surface area contributed by atoms with Crippen molar-refractivity contribution in [3.05, 3.63) is 30.8 Å². The van der Waals surface area contributed by atoms with Crippen LogP contribution in [0.5, 0.6) is 0 Å². The van der Waals surface area contributed by atoms with Gasteiger partial charge in [0.2, 0.25) is 0 Å². The van der Waals surface area contributed by atoms with Gasteiger partial charge in [-0.2, -0.15) is 0 Å². The van der Waals surface area contributed by atoms with Crippen LogP contribution in [0.2, 0.25) is 5.02 Å². The van der Waals surface area contributed by atoms with Gasteiger partial charge in [-0.1, -0.05) is 11.6 Å². The summed E-state index contributed by atoms with van der Waals surface area (Å²) < 4.78 is 1.80. The van der Waals surface area contributed by atoms with E-state index in [1.54, 1.807) is 6.07 Å². The molecule has 0 amide bonds. The molecule has 0 fully saturated rings. The molecule has 1 aromatic rings. The quantitative estimate of drug-likeness (QED) is 0.611. The third-order valence-corrected chi connectivity index (χ3v) is 3.76. The molecule has 0 aliphatic carbocycles. The van der Waals surface area contributed by atoms with E-state index in [0.29, 0.717) is 5.02 Å². The molecule has 0 saturated heterocycles. The summed E-state index contributed by atoms with van der Waals surface area (Å²) in [6, 6.07) is 3.67. The van der Waals surface area contributed by atoms with Crippen molar-refractivity contribution in [2.24, 2.45) is 0 Å². The lowest BCUT2D eigenvalue weighted by molar-refractivity contribution is 0.280. The normalized spacial score (nSPS) is 10.2. The third kappa shape index (κ3) is 2.08. The standard InChI is InChI=1S/C7H5BrClIO/c8-7-4(3-11)6(10)2-1-5(7)9/h1-2,11H,3H2. The van der Waals surface area contributed by atoms with Crippen LogP contribution in [0.3, 0.4) is 0 Å². The Morgan fingerprint density at radius 2 is 2.18 bits per heavy atom. The summed E-state index contributed by atoms with van der Waals surface area (Å²) in [6.45, 7) is 0.0133. The van der Waals surface area contributed by atoms with Crippen molar-refractivity contribution in [2.45, 2.75) is 6.61 Å². The predicted octanol–water partition coefficient (Wildman–Crippen LogP) is 3.20. The highest BCUT2D eigenvalue weighted by atomic mass is 127. The summed E-state index contributed by atoms with van der Waals surface area (Å²) in [5.41, 5.74) is 0.845. The van der Waals surface area contributed by atoms with E-state index in [-0.39, 0.29) is 6.61 Å². The highest BCUT2D eigenvalue weighted by Crippen LogP contribution is 2.29. The molecule has 1 rings (SSSR count). The van der Waals surface area contributed by atoms with Gasteiger partial charge in [-0.3, -0.25) is 0 Å². The molecule has 4 heteroatoms. The third-order valence-electron chi connectivity index (χ3n) is 1.30. The van der Waals surface area contributed by atoms with Crippen molar-refractivity contribution in [3.8, 4) is 0 Å². The second-order valence-electron chi connectivity index (χ2n) is 1.98. The number of hydrogen-bond acceptors (Lipinski definition) is 1. The van der Waals surface area contributed by atoms with Crippen molar-refractivity contribution in [1.29, 1.82) is 0 Å². The minimum absolute atomic E-state index is 0.0133. The van der Waals surface area contributed by atoms with E-state index in [1.807, 2.05) is 6.07 Å². The maximum atomic E-state index is 8.93. The van der Waals surface area contributed by atoms with Gasteiger partial charge in [0.25, 0.3) is 0 Å². The van der Waals surface area contributed by atoms with Gasteiger partial charge in [-0.25, -0.2) is 0 Å². The van der Waals surface area contributed by atoms with E-state index >= 15 is 0 Å². The minimum Gasteiger partial charge on any atom is -0.392 e.